The van der Waals surface area contributed by atoms with Crippen LogP contribution in [0.1, 0.15) is 75.3 Å². The van der Waals surface area contributed by atoms with Gasteiger partial charge >= 0.3 is 126 Å². The second-order valence-corrected chi connectivity index (χ2v) is 19.6. The molecule has 2 saturated heterocycles. The first-order valence-electron chi connectivity index (χ1n) is 19.0. The van der Waals surface area contributed by atoms with Crippen LogP contribution in [-0.4, -0.2) is 57.8 Å². The van der Waals surface area contributed by atoms with Gasteiger partial charge in [-0.25, -0.2) is 19.2 Å². The zero-order valence-corrected chi connectivity index (χ0v) is 43.9. The number of phosphoric acid groups is 2. The predicted octanol–water partition coefficient (Wildman–Crippen LogP) is -8.38. The van der Waals surface area contributed by atoms with Gasteiger partial charge in [0.25, 0.3) is 5.79 Å². The van der Waals surface area contributed by atoms with Crippen molar-refractivity contribution in [3.63, 3.8) is 0 Å². The third kappa shape index (κ3) is 7.89. The van der Waals surface area contributed by atoms with Crippen molar-refractivity contribution in [1.82, 2.24) is 0 Å². The average molecular weight is 899 g/mol. The minimum absolute atomic E-state index is 0. The van der Waals surface area contributed by atoms with Crippen LogP contribution in [-0.2, 0) is 54.3 Å². The zero-order valence-electron chi connectivity index (χ0n) is 34.1. The molecule has 0 amide bonds. The van der Waals surface area contributed by atoms with E-state index in [4.69, 9.17) is 38.3 Å². The topological polar surface area (TPSA) is 224 Å². The van der Waals surface area contributed by atoms with Gasteiger partial charge in [-0.3, -0.25) is 9.79 Å². The number of methoxy groups -OCH3 is 1. The van der Waals surface area contributed by atoms with Crippen molar-refractivity contribution >= 4 is 15.6 Å². The SMILES string of the molecule is COC1(c2cccc(OP(=O)([O-])[O-])c2)OOC12C1CC3CC2CC(OCOC24CC5CC(C2)C2(OOC2(CO)c2cccc(OP(=O)(O)O)c2)C(C5)C4)(C3)C1.[Na+].[Na+].[Na+].[Na+]. The van der Waals surface area contributed by atoms with Crippen LogP contribution in [0.25, 0.3) is 0 Å². The Balaban J connectivity index is 0.00000146. The van der Waals surface area contributed by atoms with Crippen molar-refractivity contribution < 1.29 is 195 Å². The summed E-state index contributed by atoms with van der Waals surface area (Å²) in [6.07, 6.45) is 8.14. The minimum atomic E-state index is -5.28. The van der Waals surface area contributed by atoms with E-state index in [1.54, 1.807) is 24.3 Å². The van der Waals surface area contributed by atoms with Crippen molar-refractivity contribution in [3.8, 4) is 11.5 Å². The fraction of sp³-hybridized carbons (Fsp3) is 0.676. The second-order valence-electron chi connectivity index (χ2n) is 17.4. The Labute approximate surface area is 430 Å². The van der Waals surface area contributed by atoms with Crippen LogP contribution in [0.2, 0.25) is 0 Å². The molecule has 6 unspecified atom stereocenters. The number of ether oxygens (including phenoxy) is 3. The van der Waals surface area contributed by atoms with E-state index in [0.717, 1.165) is 38.5 Å². The Morgan fingerprint density at radius 3 is 1.58 bits per heavy atom. The summed E-state index contributed by atoms with van der Waals surface area (Å²) in [5, 5.41) is 10.9. The van der Waals surface area contributed by atoms with Gasteiger partial charge in [0.05, 0.1) is 17.8 Å². The first-order chi connectivity index (χ1) is 26.1. The van der Waals surface area contributed by atoms with Gasteiger partial charge in [0.15, 0.2) is 11.2 Å². The normalized spacial score (nSPS) is 41.8. The molecule has 2 aliphatic heterocycles. The average Bonchev–Trinajstić information content (AvgIpc) is 3.06. The van der Waals surface area contributed by atoms with Crippen molar-refractivity contribution in [1.29, 1.82) is 0 Å². The Kier molecular flexibility index (Phi) is 15.0. The number of hydrogen-bond donors (Lipinski definition) is 3. The maximum Gasteiger partial charge on any atom is 1.00 e. The van der Waals surface area contributed by atoms with E-state index in [-0.39, 0.29) is 167 Å². The molecule has 22 heteroatoms. The third-order valence-electron chi connectivity index (χ3n) is 14.7. The molecule has 2 aromatic carbocycles. The van der Waals surface area contributed by atoms with E-state index in [2.05, 4.69) is 4.52 Å². The van der Waals surface area contributed by atoms with Crippen molar-refractivity contribution in [3.05, 3.63) is 59.7 Å². The van der Waals surface area contributed by atoms with E-state index >= 15 is 0 Å². The number of benzene rings is 2. The Morgan fingerprint density at radius 1 is 0.678 bits per heavy atom. The summed E-state index contributed by atoms with van der Waals surface area (Å²) in [5.41, 5.74) is -2.73. The van der Waals surface area contributed by atoms with E-state index in [1.807, 2.05) is 0 Å². The summed E-state index contributed by atoms with van der Waals surface area (Å²) in [4.78, 5) is 65.5. The molecule has 3 N–H and O–H groups in total. The molecule has 0 radical (unpaired) electrons. The van der Waals surface area contributed by atoms with Crippen LogP contribution < -0.4 is 137 Å². The fourth-order valence-corrected chi connectivity index (χ4v) is 14.0. The number of rotatable bonds is 12. The minimum Gasteiger partial charge on any atom is -0.780 e. The first-order valence-corrected chi connectivity index (χ1v) is 21.9. The zero-order chi connectivity index (χ0) is 38.3. The molecule has 10 fully saturated rings. The first kappa shape index (κ1) is 50.4. The Hall–Kier alpha value is 2.02. The van der Waals surface area contributed by atoms with Crippen LogP contribution in [0.4, 0.5) is 0 Å². The monoisotopic (exact) mass is 898 g/mol. The number of phosphoric ester groups is 2. The molecule has 16 nitrogen and oxygen atoms in total. The fourth-order valence-electron chi connectivity index (χ4n) is 13.3. The van der Waals surface area contributed by atoms with Crippen LogP contribution in [0.5, 0.6) is 11.5 Å². The molecular weight excluding hydrogens is 854 g/mol. The summed E-state index contributed by atoms with van der Waals surface area (Å²) < 4.78 is 52.3. The van der Waals surface area contributed by atoms with Crippen LogP contribution >= 0.6 is 15.6 Å². The molecule has 300 valence electrons. The molecule has 8 saturated carbocycles. The predicted molar refractivity (Wildman–Crippen MR) is 181 cm³/mol. The molecule has 2 spiro atoms. The van der Waals surface area contributed by atoms with Gasteiger partial charge in [0.1, 0.15) is 31.7 Å². The molecule has 59 heavy (non-hydrogen) atoms. The number of hydrogen-bond acceptors (Lipinski definition) is 14. The third-order valence-corrected chi connectivity index (χ3v) is 15.5. The second kappa shape index (κ2) is 17.6. The molecule has 6 atom stereocenters. The maximum absolute atomic E-state index is 11.6. The largest absolute Gasteiger partial charge is 1.00 e. The molecule has 8 bridgehead atoms. The molecular formula is C37H44Na4O16P2+2. The van der Waals surface area contributed by atoms with Crippen LogP contribution in [0, 0.1) is 35.5 Å². The van der Waals surface area contributed by atoms with Crippen molar-refractivity contribution in [2.75, 3.05) is 20.5 Å². The van der Waals surface area contributed by atoms with Gasteiger partial charge < -0.3 is 42.7 Å². The molecule has 2 aromatic rings. The summed E-state index contributed by atoms with van der Waals surface area (Å²) in [5.74, 6) is -0.638. The summed E-state index contributed by atoms with van der Waals surface area (Å²) in [7, 11) is -8.55. The summed E-state index contributed by atoms with van der Waals surface area (Å²) in [6.45, 7) is -0.256. The van der Waals surface area contributed by atoms with Gasteiger partial charge in [-0.2, -0.15) is 4.89 Å². The maximum atomic E-state index is 11.6. The quantitative estimate of drug-likeness (QED) is 0.0779. The van der Waals surface area contributed by atoms with Crippen LogP contribution in [0.3, 0.4) is 0 Å². The van der Waals surface area contributed by atoms with Gasteiger partial charge in [0, 0.05) is 24.5 Å². The summed E-state index contributed by atoms with van der Waals surface area (Å²) >= 11 is 0. The van der Waals surface area contributed by atoms with E-state index in [0.29, 0.717) is 48.6 Å². The van der Waals surface area contributed by atoms with Crippen LogP contribution in [0.15, 0.2) is 48.5 Å². The Morgan fingerprint density at radius 2 is 1.15 bits per heavy atom. The van der Waals surface area contributed by atoms with Crippen molar-refractivity contribution in [2.24, 2.45) is 35.5 Å². The summed E-state index contributed by atoms with van der Waals surface area (Å²) in [6, 6.07) is 12.5. The molecule has 8 aliphatic carbocycles. The van der Waals surface area contributed by atoms with Gasteiger partial charge in [-0.1, -0.05) is 24.3 Å². The van der Waals surface area contributed by atoms with E-state index in [1.165, 1.54) is 31.4 Å². The number of aliphatic hydroxyl groups is 1. The molecule has 0 aromatic heterocycles. The van der Waals surface area contributed by atoms with Gasteiger partial charge in [0.2, 0.25) is 0 Å². The van der Waals surface area contributed by atoms with Gasteiger partial charge in [-0.05, 0) is 118 Å². The molecule has 10 aliphatic rings. The van der Waals surface area contributed by atoms with E-state index < -0.39 is 49.4 Å². The number of aliphatic hydroxyl groups excluding tert-OH is 1. The van der Waals surface area contributed by atoms with Gasteiger partial charge in [-0.15, -0.1) is 0 Å². The molecule has 12 rings (SSSR count). The van der Waals surface area contributed by atoms with Crippen molar-refractivity contribution in [2.45, 2.75) is 98.0 Å². The smallest absolute Gasteiger partial charge is 0.780 e. The van der Waals surface area contributed by atoms with E-state index in [9.17, 15) is 33.8 Å². The Bertz CT molecular complexity index is 1810. The standard InChI is InChI=1S/C37H46O16P2.4Na/c1-45-37(25-5-3-7-31(13-25)49-55(42,43)44)36(52-53-37)28-10-23-11-29(36)19-33(15-23,18-28)47-21-46-32-14-22-8-26(16-32)35(27(9-22)17-32)34(20-38,50-51-35)24-4-2-6-30(12-24)48-54(39,40)41;;;;/h2-7,12-13,22-23,26-29,38H,8-11,14-21H2,1H3,(H2,39,40,41)(H2,42,43,44);;;;/q;4*+1/p-2. The molecule has 2 heterocycles.